The van der Waals surface area contributed by atoms with Gasteiger partial charge in [-0.1, -0.05) is 30.7 Å². The van der Waals surface area contributed by atoms with Crippen LogP contribution in [0.15, 0.2) is 35.5 Å². The van der Waals surface area contributed by atoms with E-state index < -0.39 is 0 Å². The third-order valence-electron chi connectivity index (χ3n) is 3.37. The lowest BCUT2D eigenvalue weighted by Gasteiger charge is -2.18. The monoisotopic (exact) mass is 350 g/mol. The Hall–Kier alpha value is -1.59. The van der Waals surface area contributed by atoms with Crippen LogP contribution in [0, 0.1) is 0 Å². The van der Waals surface area contributed by atoms with Crippen LogP contribution in [0.5, 0.6) is 0 Å². The standard InChI is InChI=1S/C17H23ClN4S/c1-4-15-10-20-16(23-15)11-21-17(19-5-2)22-12(3)13-7-6-8-14(18)9-13/h6-10,12H,4-5,11H2,1-3H3,(H2,19,21,22). The van der Waals surface area contributed by atoms with Gasteiger partial charge in [0.2, 0.25) is 0 Å². The minimum absolute atomic E-state index is 0.119. The van der Waals surface area contributed by atoms with Gasteiger partial charge >= 0.3 is 0 Å². The molecule has 124 valence electrons. The molecule has 0 bridgehead atoms. The van der Waals surface area contributed by atoms with E-state index in [9.17, 15) is 0 Å². The second-order valence-corrected chi connectivity index (χ2v) is 6.83. The highest BCUT2D eigenvalue weighted by Crippen LogP contribution is 2.17. The van der Waals surface area contributed by atoms with Gasteiger partial charge in [0.15, 0.2) is 5.96 Å². The normalized spacial score (nSPS) is 13.0. The van der Waals surface area contributed by atoms with E-state index >= 15 is 0 Å². The van der Waals surface area contributed by atoms with Gasteiger partial charge in [-0.3, -0.25) is 0 Å². The average Bonchev–Trinajstić information content (AvgIpc) is 3.01. The predicted molar refractivity (Wildman–Crippen MR) is 99.3 cm³/mol. The zero-order chi connectivity index (χ0) is 16.7. The first-order valence-electron chi connectivity index (χ1n) is 7.86. The number of aryl methyl sites for hydroxylation is 1. The summed E-state index contributed by atoms with van der Waals surface area (Å²) in [5.41, 5.74) is 1.13. The number of aromatic nitrogens is 1. The Bertz CT molecular complexity index is 654. The molecule has 0 radical (unpaired) electrons. The number of nitrogens with zero attached hydrogens (tertiary/aromatic N) is 2. The lowest BCUT2D eigenvalue weighted by Crippen LogP contribution is -2.38. The Morgan fingerprint density at radius 1 is 1.39 bits per heavy atom. The largest absolute Gasteiger partial charge is 0.357 e. The van der Waals surface area contributed by atoms with E-state index in [1.54, 1.807) is 11.3 Å². The summed E-state index contributed by atoms with van der Waals surface area (Å²) in [6.07, 6.45) is 2.95. The van der Waals surface area contributed by atoms with E-state index in [2.05, 4.69) is 47.4 Å². The van der Waals surface area contributed by atoms with Crippen LogP contribution in [-0.4, -0.2) is 17.5 Å². The fourth-order valence-electron chi connectivity index (χ4n) is 2.12. The number of aliphatic imine (C=N–C) groups is 1. The number of halogens is 1. The molecule has 1 aromatic heterocycles. The van der Waals surface area contributed by atoms with E-state index in [1.807, 2.05) is 24.4 Å². The number of hydrogen-bond donors (Lipinski definition) is 2. The number of rotatable bonds is 6. The lowest BCUT2D eigenvalue weighted by atomic mass is 10.1. The molecule has 0 spiro atoms. The third-order valence-corrected chi connectivity index (χ3v) is 4.73. The minimum atomic E-state index is 0.119. The van der Waals surface area contributed by atoms with Crippen LogP contribution in [0.2, 0.25) is 5.02 Å². The Morgan fingerprint density at radius 3 is 2.87 bits per heavy atom. The summed E-state index contributed by atoms with van der Waals surface area (Å²) in [6, 6.07) is 7.99. The van der Waals surface area contributed by atoms with Gasteiger partial charge in [0.05, 0.1) is 12.6 Å². The summed E-state index contributed by atoms with van der Waals surface area (Å²) >= 11 is 7.78. The molecule has 1 heterocycles. The molecule has 1 unspecified atom stereocenters. The fourth-order valence-corrected chi connectivity index (χ4v) is 3.10. The van der Waals surface area contributed by atoms with Crippen molar-refractivity contribution in [1.82, 2.24) is 15.6 Å². The van der Waals surface area contributed by atoms with Gasteiger partial charge in [0.1, 0.15) is 5.01 Å². The highest BCUT2D eigenvalue weighted by atomic mass is 35.5. The van der Waals surface area contributed by atoms with E-state index in [4.69, 9.17) is 11.6 Å². The number of hydrogen-bond acceptors (Lipinski definition) is 3. The number of nitrogens with one attached hydrogen (secondary N) is 2. The van der Waals surface area contributed by atoms with E-state index in [1.165, 1.54) is 4.88 Å². The average molecular weight is 351 g/mol. The molecule has 0 fully saturated rings. The lowest BCUT2D eigenvalue weighted by molar-refractivity contribution is 0.686. The molecular formula is C17H23ClN4S. The summed E-state index contributed by atoms with van der Waals surface area (Å²) in [7, 11) is 0. The van der Waals surface area contributed by atoms with Crippen LogP contribution in [0.4, 0.5) is 0 Å². The SMILES string of the molecule is CCNC(=NCc1ncc(CC)s1)NC(C)c1cccc(Cl)c1. The van der Waals surface area contributed by atoms with Gasteiger partial charge in [-0.2, -0.15) is 0 Å². The quantitative estimate of drug-likeness (QED) is 0.607. The van der Waals surface area contributed by atoms with Gasteiger partial charge in [-0.25, -0.2) is 9.98 Å². The fraction of sp³-hybridized carbons (Fsp3) is 0.412. The van der Waals surface area contributed by atoms with Gasteiger partial charge < -0.3 is 10.6 Å². The van der Waals surface area contributed by atoms with Crippen LogP contribution in [0.25, 0.3) is 0 Å². The molecule has 0 aliphatic heterocycles. The van der Waals surface area contributed by atoms with Crippen LogP contribution in [-0.2, 0) is 13.0 Å². The Kier molecular flexibility index (Phi) is 6.86. The first-order valence-corrected chi connectivity index (χ1v) is 9.05. The van der Waals surface area contributed by atoms with Gasteiger partial charge in [-0.05, 0) is 38.0 Å². The molecule has 2 N–H and O–H groups in total. The van der Waals surface area contributed by atoms with Crippen molar-refractivity contribution in [2.45, 2.75) is 39.8 Å². The minimum Gasteiger partial charge on any atom is -0.357 e. The van der Waals surface area contributed by atoms with E-state index in [0.717, 1.165) is 34.5 Å². The smallest absolute Gasteiger partial charge is 0.192 e. The van der Waals surface area contributed by atoms with Crippen molar-refractivity contribution in [2.24, 2.45) is 4.99 Å². The number of benzene rings is 1. The van der Waals surface area contributed by atoms with E-state index in [0.29, 0.717) is 6.54 Å². The summed E-state index contributed by atoms with van der Waals surface area (Å²) in [6.45, 7) is 7.68. The Morgan fingerprint density at radius 2 is 2.22 bits per heavy atom. The first-order chi connectivity index (χ1) is 11.1. The first kappa shape index (κ1) is 17.8. The molecule has 6 heteroatoms. The molecule has 0 saturated heterocycles. The number of guanidine groups is 1. The second-order valence-electron chi connectivity index (χ2n) is 5.19. The van der Waals surface area contributed by atoms with Crippen molar-refractivity contribution in [2.75, 3.05) is 6.54 Å². The zero-order valence-electron chi connectivity index (χ0n) is 13.8. The van der Waals surface area contributed by atoms with Crippen molar-refractivity contribution < 1.29 is 0 Å². The predicted octanol–water partition coefficient (Wildman–Crippen LogP) is 4.18. The maximum absolute atomic E-state index is 6.06. The summed E-state index contributed by atoms with van der Waals surface area (Å²) < 4.78 is 0. The topological polar surface area (TPSA) is 49.3 Å². The molecule has 2 rings (SSSR count). The van der Waals surface area contributed by atoms with Crippen LogP contribution in [0.1, 0.15) is 42.3 Å². The highest BCUT2D eigenvalue weighted by molar-refractivity contribution is 7.11. The van der Waals surface area contributed by atoms with Crippen LogP contribution in [0.3, 0.4) is 0 Å². The van der Waals surface area contributed by atoms with Gasteiger partial charge in [0, 0.05) is 22.6 Å². The van der Waals surface area contributed by atoms with Gasteiger partial charge in [-0.15, -0.1) is 11.3 Å². The Balaban J connectivity index is 2.03. The molecule has 4 nitrogen and oxygen atoms in total. The Labute approximate surface area is 147 Å². The van der Waals surface area contributed by atoms with Gasteiger partial charge in [0.25, 0.3) is 0 Å². The summed E-state index contributed by atoms with van der Waals surface area (Å²) in [4.78, 5) is 10.3. The molecule has 0 aliphatic carbocycles. The molecule has 0 saturated carbocycles. The maximum atomic E-state index is 6.06. The van der Waals surface area contributed by atoms with Crippen molar-refractivity contribution in [3.05, 3.63) is 50.9 Å². The van der Waals surface area contributed by atoms with Crippen molar-refractivity contribution in [1.29, 1.82) is 0 Å². The molecule has 1 aromatic carbocycles. The van der Waals surface area contributed by atoms with E-state index in [-0.39, 0.29) is 6.04 Å². The molecule has 23 heavy (non-hydrogen) atoms. The maximum Gasteiger partial charge on any atom is 0.192 e. The van der Waals surface area contributed by atoms with Crippen LogP contribution >= 0.6 is 22.9 Å². The summed E-state index contributed by atoms with van der Waals surface area (Å²) in [5, 5.41) is 8.46. The summed E-state index contributed by atoms with van der Waals surface area (Å²) in [5.74, 6) is 0.785. The molecule has 0 amide bonds. The third kappa shape index (κ3) is 5.52. The van der Waals surface area contributed by atoms with Crippen molar-refractivity contribution in [3.8, 4) is 0 Å². The van der Waals surface area contributed by atoms with Crippen molar-refractivity contribution >= 4 is 28.9 Å². The zero-order valence-corrected chi connectivity index (χ0v) is 15.3. The van der Waals surface area contributed by atoms with Crippen molar-refractivity contribution in [3.63, 3.8) is 0 Å². The van der Waals surface area contributed by atoms with Crippen LogP contribution < -0.4 is 10.6 Å². The molecule has 2 aromatic rings. The second kappa shape index (κ2) is 8.89. The number of thiazole rings is 1. The molecule has 1 atom stereocenters. The molecular weight excluding hydrogens is 328 g/mol. The highest BCUT2D eigenvalue weighted by Gasteiger charge is 2.08. The molecule has 0 aliphatic rings.